The lowest BCUT2D eigenvalue weighted by Crippen LogP contribution is -2.44. The fraction of sp³-hybridized carbons (Fsp3) is 0.917. The van der Waals surface area contributed by atoms with Crippen LogP contribution < -0.4 is 0 Å². The summed E-state index contributed by atoms with van der Waals surface area (Å²) in [5.74, 6) is -0.159. The van der Waals surface area contributed by atoms with E-state index in [1.54, 1.807) is 0 Å². The fourth-order valence-electron chi connectivity index (χ4n) is 1.81. The van der Waals surface area contributed by atoms with Crippen molar-refractivity contribution in [3.05, 3.63) is 0 Å². The molecule has 0 aromatic rings. The Morgan fingerprint density at radius 1 is 1.50 bits per heavy atom. The number of aliphatic hydroxyl groups is 1. The summed E-state index contributed by atoms with van der Waals surface area (Å²) in [6.07, 6.45) is 5.48. The second kappa shape index (κ2) is 7.63. The fourth-order valence-corrected chi connectivity index (χ4v) is 1.81. The van der Waals surface area contributed by atoms with Gasteiger partial charge in [-0.25, -0.2) is 0 Å². The molecule has 0 radical (unpaired) electrons. The number of ether oxygens (including phenoxy) is 1. The van der Waals surface area contributed by atoms with Gasteiger partial charge in [-0.15, -0.1) is 0 Å². The summed E-state index contributed by atoms with van der Waals surface area (Å²) in [7, 11) is 0. The highest BCUT2D eigenvalue weighted by Gasteiger charge is 2.26. The summed E-state index contributed by atoms with van der Waals surface area (Å²) in [6.45, 7) is 3.61. The molecule has 1 fully saturated rings. The molecule has 1 N–H and O–H groups in total. The SMILES string of the molecule is CCCCOC(=O)CN(CCO)C1CCC1. The molecule has 0 saturated heterocycles. The van der Waals surface area contributed by atoms with E-state index in [1.165, 1.54) is 6.42 Å². The van der Waals surface area contributed by atoms with Crippen molar-refractivity contribution < 1.29 is 14.6 Å². The Morgan fingerprint density at radius 3 is 2.75 bits per heavy atom. The number of rotatable bonds is 8. The monoisotopic (exact) mass is 229 g/mol. The van der Waals surface area contributed by atoms with E-state index in [0.717, 1.165) is 25.7 Å². The molecule has 1 aliphatic rings. The number of unbranched alkanes of at least 4 members (excludes halogenated alkanes) is 1. The molecule has 4 nitrogen and oxygen atoms in total. The van der Waals surface area contributed by atoms with E-state index in [2.05, 4.69) is 6.92 Å². The van der Waals surface area contributed by atoms with Crippen LogP contribution in [0.3, 0.4) is 0 Å². The minimum absolute atomic E-state index is 0.110. The largest absolute Gasteiger partial charge is 0.465 e. The highest BCUT2D eigenvalue weighted by atomic mass is 16.5. The molecule has 0 aromatic carbocycles. The van der Waals surface area contributed by atoms with E-state index in [1.807, 2.05) is 4.90 Å². The van der Waals surface area contributed by atoms with Crippen molar-refractivity contribution in [2.45, 2.75) is 45.1 Å². The molecular weight excluding hydrogens is 206 g/mol. The molecule has 1 saturated carbocycles. The van der Waals surface area contributed by atoms with Crippen molar-refractivity contribution in [2.75, 3.05) is 26.3 Å². The van der Waals surface area contributed by atoms with Gasteiger partial charge in [-0.05, 0) is 19.3 Å². The summed E-state index contributed by atoms with van der Waals surface area (Å²) in [5.41, 5.74) is 0. The van der Waals surface area contributed by atoms with Gasteiger partial charge in [-0.2, -0.15) is 0 Å². The van der Waals surface area contributed by atoms with Gasteiger partial charge >= 0.3 is 5.97 Å². The summed E-state index contributed by atoms with van der Waals surface area (Å²) in [4.78, 5) is 13.5. The first-order valence-electron chi connectivity index (χ1n) is 6.28. The van der Waals surface area contributed by atoms with E-state index < -0.39 is 0 Å². The number of esters is 1. The van der Waals surface area contributed by atoms with Crippen molar-refractivity contribution in [1.82, 2.24) is 4.90 Å². The summed E-state index contributed by atoms with van der Waals surface area (Å²) in [5, 5.41) is 8.94. The first-order chi connectivity index (χ1) is 7.77. The normalized spacial score (nSPS) is 16.2. The maximum Gasteiger partial charge on any atom is 0.320 e. The third-order valence-corrected chi connectivity index (χ3v) is 3.07. The first kappa shape index (κ1) is 13.5. The van der Waals surface area contributed by atoms with Crippen molar-refractivity contribution in [1.29, 1.82) is 0 Å². The average molecular weight is 229 g/mol. The van der Waals surface area contributed by atoms with Crippen LogP contribution in [0.2, 0.25) is 0 Å². The maximum absolute atomic E-state index is 11.5. The Kier molecular flexibility index (Phi) is 6.42. The van der Waals surface area contributed by atoms with Gasteiger partial charge in [0.1, 0.15) is 0 Å². The third kappa shape index (κ3) is 4.49. The van der Waals surface area contributed by atoms with Crippen molar-refractivity contribution in [3.63, 3.8) is 0 Å². The maximum atomic E-state index is 11.5. The molecule has 0 amide bonds. The van der Waals surface area contributed by atoms with Crippen molar-refractivity contribution >= 4 is 5.97 Å². The van der Waals surface area contributed by atoms with E-state index in [-0.39, 0.29) is 12.6 Å². The zero-order valence-corrected chi connectivity index (χ0v) is 10.2. The number of carbonyl (C=O) groups is 1. The summed E-state index contributed by atoms with van der Waals surface area (Å²) < 4.78 is 5.12. The molecule has 1 aliphatic carbocycles. The number of carbonyl (C=O) groups excluding carboxylic acids is 1. The number of hydrogen-bond donors (Lipinski definition) is 1. The van der Waals surface area contributed by atoms with Crippen LogP contribution in [-0.4, -0.2) is 48.3 Å². The second-order valence-electron chi connectivity index (χ2n) is 4.35. The van der Waals surface area contributed by atoms with E-state index >= 15 is 0 Å². The van der Waals surface area contributed by atoms with Crippen LogP contribution in [0.5, 0.6) is 0 Å². The lowest BCUT2D eigenvalue weighted by molar-refractivity contribution is -0.146. The van der Waals surface area contributed by atoms with Gasteiger partial charge in [0.25, 0.3) is 0 Å². The first-order valence-corrected chi connectivity index (χ1v) is 6.28. The Balaban J connectivity index is 2.21. The third-order valence-electron chi connectivity index (χ3n) is 3.07. The van der Waals surface area contributed by atoms with Gasteiger partial charge in [0.2, 0.25) is 0 Å². The highest BCUT2D eigenvalue weighted by molar-refractivity contribution is 5.71. The molecule has 94 valence electrons. The minimum Gasteiger partial charge on any atom is -0.465 e. The minimum atomic E-state index is -0.159. The molecule has 0 unspecified atom stereocenters. The van der Waals surface area contributed by atoms with Crippen LogP contribution >= 0.6 is 0 Å². The second-order valence-corrected chi connectivity index (χ2v) is 4.35. The van der Waals surface area contributed by atoms with Gasteiger partial charge in [0, 0.05) is 12.6 Å². The topological polar surface area (TPSA) is 49.8 Å². The molecule has 0 aliphatic heterocycles. The number of hydrogen-bond acceptors (Lipinski definition) is 4. The lowest BCUT2D eigenvalue weighted by atomic mass is 9.91. The lowest BCUT2D eigenvalue weighted by Gasteiger charge is -2.36. The van der Waals surface area contributed by atoms with Gasteiger partial charge < -0.3 is 9.84 Å². The Labute approximate surface area is 97.6 Å². The van der Waals surface area contributed by atoms with E-state index in [9.17, 15) is 4.79 Å². The molecule has 0 heterocycles. The molecule has 0 bridgehead atoms. The smallest absolute Gasteiger partial charge is 0.320 e. The van der Waals surface area contributed by atoms with Gasteiger partial charge in [-0.1, -0.05) is 19.8 Å². The van der Waals surface area contributed by atoms with Crippen molar-refractivity contribution in [2.24, 2.45) is 0 Å². The average Bonchev–Trinajstić information content (AvgIpc) is 2.15. The summed E-state index contributed by atoms with van der Waals surface area (Å²) >= 11 is 0. The van der Waals surface area contributed by atoms with E-state index in [0.29, 0.717) is 25.7 Å². The molecular formula is C12H23NO3. The van der Waals surface area contributed by atoms with Crippen LogP contribution in [0.25, 0.3) is 0 Å². The molecule has 0 spiro atoms. The van der Waals surface area contributed by atoms with Crippen LogP contribution in [0.1, 0.15) is 39.0 Å². The van der Waals surface area contributed by atoms with Crippen LogP contribution in [0.4, 0.5) is 0 Å². The standard InChI is InChI=1S/C12H23NO3/c1-2-3-9-16-12(15)10-13(7-8-14)11-5-4-6-11/h11,14H,2-10H2,1H3. The van der Waals surface area contributed by atoms with Crippen LogP contribution in [0.15, 0.2) is 0 Å². The highest BCUT2D eigenvalue weighted by Crippen LogP contribution is 2.24. The number of nitrogens with zero attached hydrogens (tertiary/aromatic N) is 1. The van der Waals surface area contributed by atoms with Crippen molar-refractivity contribution in [3.8, 4) is 0 Å². The van der Waals surface area contributed by atoms with E-state index in [4.69, 9.17) is 9.84 Å². The predicted octanol–water partition coefficient (Wildman–Crippen LogP) is 1.18. The quantitative estimate of drug-likeness (QED) is 0.501. The van der Waals surface area contributed by atoms with Gasteiger partial charge in [0.15, 0.2) is 0 Å². The molecule has 4 heteroatoms. The Bertz CT molecular complexity index is 204. The molecule has 0 aromatic heterocycles. The predicted molar refractivity (Wildman–Crippen MR) is 62.2 cm³/mol. The molecule has 0 atom stereocenters. The van der Waals surface area contributed by atoms with Crippen LogP contribution in [0, 0.1) is 0 Å². The van der Waals surface area contributed by atoms with Crippen LogP contribution in [-0.2, 0) is 9.53 Å². The number of aliphatic hydroxyl groups excluding tert-OH is 1. The Hall–Kier alpha value is -0.610. The molecule has 1 rings (SSSR count). The zero-order chi connectivity index (χ0) is 11.8. The Morgan fingerprint density at radius 2 is 2.25 bits per heavy atom. The molecule has 16 heavy (non-hydrogen) atoms. The zero-order valence-electron chi connectivity index (χ0n) is 10.2. The summed E-state index contributed by atoms with van der Waals surface area (Å²) in [6, 6.07) is 0.478. The van der Waals surface area contributed by atoms with Gasteiger partial charge in [-0.3, -0.25) is 9.69 Å². The van der Waals surface area contributed by atoms with Gasteiger partial charge in [0.05, 0.1) is 19.8 Å².